The van der Waals surface area contributed by atoms with Gasteiger partial charge in [0.15, 0.2) is 16.7 Å². The van der Waals surface area contributed by atoms with Gasteiger partial charge in [-0.3, -0.25) is 9.59 Å². The Morgan fingerprint density at radius 1 is 1.33 bits per heavy atom. The zero-order chi connectivity index (χ0) is 16.2. The zero-order valence-electron chi connectivity index (χ0n) is 11.2. The third kappa shape index (κ3) is 4.05. The third-order valence-electron chi connectivity index (χ3n) is 2.59. The number of benzene rings is 1. The van der Waals surface area contributed by atoms with Gasteiger partial charge in [-0.2, -0.15) is 0 Å². The molecule has 1 aromatic rings. The normalized spacial score (nSPS) is 11.4. The van der Waals surface area contributed by atoms with Gasteiger partial charge >= 0.3 is 5.97 Å². The molecule has 0 aliphatic heterocycles. The Labute approximate surface area is 143 Å². The number of Topliss-reactive ketones (excluding diaryl/α,β-unsaturated/α-hetero) is 1. The summed E-state index contributed by atoms with van der Waals surface area (Å²) >= 11 is 12.3. The first kappa shape index (κ1) is 18.1. The Kier molecular flexibility index (Phi) is 6.83. The van der Waals surface area contributed by atoms with Crippen LogP contribution in [0.5, 0.6) is 5.75 Å². The lowest BCUT2D eigenvalue weighted by Crippen LogP contribution is -2.12. The molecule has 0 spiro atoms. The number of rotatable bonds is 5. The minimum absolute atomic E-state index is 0.185. The van der Waals surface area contributed by atoms with Gasteiger partial charge in [-0.05, 0) is 37.9 Å². The number of oxime groups is 1. The molecule has 0 fully saturated rings. The summed E-state index contributed by atoms with van der Waals surface area (Å²) in [5, 5.41) is 11.5. The fourth-order valence-electron chi connectivity index (χ4n) is 1.55. The van der Waals surface area contributed by atoms with Crippen molar-refractivity contribution in [2.24, 2.45) is 5.16 Å². The molecule has 21 heavy (non-hydrogen) atoms. The molecule has 8 heteroatoms. The van der Waals surface area contributed by atoms with Crippen LogP contribution in [0.15, 0.2) is 20.2 Å². The van der Waals surface area contributed by atoms with Crippen LogP contribution >= 0.6 is 43.5 Å². The maximum atomic E-state index is 12.1. The Bertz CT molecular complexity index is 617. The van der Waals surface area contributed by atoms with Gasteiger partial charge in [0, 0.05) is 24.0 Å². The molecule has 114 valence electrons. The highest BCUT2D eigenvalue weighted by Crippen LogP contribution is 2.39. The lowest BCUT2D eigenvalue weighted by Gasteiger charge is -2.14. The van der Waals surface area contributed by atoms with Crippen LogP contribution in [0.4, 0.5) is 0 Å². The number of ketones is 1. The van der Waals surface area contributed by atoms with E-state index in [1.165, 1.54) is 6.07 Å². The molecule has 0 unspecified atom stereocenters. The lowest BCUT2D eigenvalue weighted by atomic mass is 10.0. The predicted molar refractivity (Wildman–Crippen MR) is 86.6 cm³/mol. The second-order valence-electron chi connectivity index (χ2n) is 3.92. The molecule has 1 aromatic carbocycles. The van der Waals surface area contributed by atoms with E-state index in [1.807, 2.05) is 0 Å². The van der Waals surface area contributed by atoms with Crippen LogP contribution in [0.25, 0.3) is 0 Å². The Morgan fingerprint density at radius 3 is 2.43 bits per heavy atom. The molecule has 1 rings (SSSR count). The predicted octanol–water partition coefficient (Wildman–Crippen LogP) is 4.49. The first-order valence-electron chi connectivity index (χ1n) is 6.01. The number of carbonyl (C=O) groups excluding carboxylic acids is 2. The molecule has 0 aromatic heterocycles. The van der Waals surface area contributed by atoms with Gasteiger partial charge < -0.3 is 9.94 Å². The molecular formula is C13H12Br2ClNO4. The number of ether oxygens (including phenoxy) is 1. The van der Waals surface area contributed by atoms with E-state index in [-0.39, 0.29) is 45.1 Å². The van der Waals surface area contributed by atoms with E-state index in [4.69, 9.17) is 21.5 Å². The molecule has 0 aliphatic carbocycles. The highest BCUT2D eigenvalue weighted by molar-refractivity contribution is 9.11. The summed E-state index contributed by atoms with van der Waals surface area (Å²) in [6, 6.07) is 1.47. The van der Waals surface area contributed by atoms with E-state index >= 15 is 0 Å². The second kappa shape index (κ2) is 7.91. The zero-order valence-corrected chi connectivity index (χ0v) is 15.2. The van der Waals surface area contributed by atoms with Crippen molar-refractivity contribution in [1.82, 2.24) is 0 Å². The van der Waals surface area contributed by atoms with Crippen LogP contribution < -0.4 is 4.74 Å². The van der Waals surface area contributed by atoms with Crippen molar-refractivity contribution >= 4 is 60.4 Å². The van der Waals surface area contributed by atoms with Crippen LogP contribution in [0.3, 0.4) is 0 Å². The van der Waals surface area contributed by atoms with Gasteiger partial charge in [0.2, 0.25) is 0 Å². The molecule has 0 bridgehead atoms. The highest BCUT2D eigenvalue weighted by atomic mass is 79.9. The van der Waals surface area contributed by atoms with Gasteiger partial charge in [0.1, 0.15) is 0 Å². The fraction of sp³-hybridized carbons (Fsp3) is 0.308. The molecule has 0 radical (unpaired) electrons. The first-order chi connectivity index (χ1) is 9.87. The number of halogens is 3. The Morgan fingerprint density at radius 2 is 1.95 bits per heavy atom. The van der Waals surface area contributed by atoms with Gasteiger partial charge in [-0.15, -0.1) is 0 Å². The summed E-state index contributed by atoms with van der Waals surface area (Å²) in [5.41, 5.74) is 0.434. The van der Waals surface area contributed by atoms with Gasteiger partial charge in [0.25, 0.3) is 0 Å². The van der Waals surface area contributed by atoms with Gasteiger partial charge in [-0.1, -0.05) is 30.6 Å². The summed E-state index contributed by atoms with van der Waals surface area (Å²) in [4.78, 5) is 23.6. The summed E-state index contributed by atoms with van der Waals surface area (Å²) in [6.07, 6.45) is 0.403. The SMILES string of the molecule is CCC(=O)Oc1c(Br)cc(C(Cl)=NO)c(C(=O)CC)c1Br. The molecule has 1 N–H and O–H groups in total. The Hall–Kier alpha value is -0.920. The average molecular weight is 442 g/mol. The van der Waals surface area contributed by atoms with Crippen LogP contribution in [0.2, 0.25) is 0 Å². The minimum Gasteiger partial charge on any atom is -0.424 e. The Balaban J connectivity index is 3.59. The van der Waals surface area contributed by atoms with E-state index in [0.29, 0.717) is 4.47 Å². The van der Waals surface area contributed by atoms with Crippen molar-refractivity contribution in [3.8, 4) is 5.75 Å². The molecule has 5 nitrogen and oxygen atoms in total. The quantitative estimate of drug-likeness (QED) is 0.182. The number of esters is 1. The number of hydrogen-bond acceptors (Lipinski definition) is 5. The maximum Gasteiger partial charge on any atom is 0.310 e. The second-order valence-corrected chi connectivity index (χ2v) is 5.92. The molecule has 0 heterocycles. The summed E-state index contributed by atoms with van der Waals surface area (Å²) in [5.74, 6) is -0.495. The maximum absolute atomic E-state index is 12.1. The first-order valence-corrected chi connectivity index (χ1v) is 7.97. The molecule has 0 atom stereocenters. The van der Waals surface area contributed by atoms with Gasteiger partial charge in [0.05, 0.1) is 8.95 Å². The van der Waals surface area contributed by atoms with Crippen molar-refractivity contribution in [2.75, 3.05) is 0 Å². The molecule has 0 saturated heterocycles. The molecule has 0 aliphatic rings. The largest absolute Gasteiger partial charge is 0.424 e. The van der Waals surface area contributed by atoms with E-state index in [0.717, 1.165) is 0 Å². The van der Waals surface area contributed by atoms with E-state index < -0.39 is 5.97 Å². The van der Waals surface area contributed by atoms with Crippen molar-refractivity contribution in [2.45, 2.75) is 26.7 Å². The average Bonchev–Trinajstić information content (AvgIpc) is 2.48. The standard InChI is InChI=1S/C13H12Br2ClNO4/c1-3-8(18)10-6(13(16)17-20)5-7(14)12(11(10)15)21-9(19)4-2/h5,20H,3-4H2,1-2H3. The fourth-order valence-corrected chi connectivity index (χ4v) is 3.20. The topological polar surface area (TPSA) is 76.0 Å². The highest BCUT2D eigenvalue weighted by Gasteiger charge is 2.24. The summed E-state index contributed by atoms with van der Waals surface area (Å²) in [6.45, 7) is 3.34. The van der Waals surface area contributed by atoms with Crippen LogP contribution in [-0.2, 0) is 4.79 Å². The number of nitrogens with zero attached hydrogens (tertiary/aromatic N) is 1. The van der Waals surface area contributed by atoms with Crippen LogP contribution in [-0.4, -0.2) is 22.1 Å². The van der Waals surface area contributed by atoms with E-state index in [9.17, 15) is 9.59 Å². The molecule has 0 amide bonds. The molecular weight excluding hydrogens is 429 g/mol. The molecule has 0 saturated carbocycles. The summed E-state index contributed by atoms with van der Waals surface area (Å²) in [7, 11) is 0. The number of carbonyl (C=O) groups is 2. The smallest absolute Gasteiger partial charge is 0.310 e. The minimum atomic E-state index is -0.444. The summed E-state index contributed by atoms with van der Waals surface area (Å²) < 4.78 is 5.88. The van der Waals surface area contributed by atoms with Crippen molar-refractivity contribution in [3.63, 3.8) is 0 Å². The number of hydrogen-bond donors (Lipinski definition) is 1. The van der Waals surface area contributed by atoms with Crippen molar-refractivity contribution in [1.29, 1.82) is 0 Å². The van der Waals surface area contributed by atoms with Crippen molar-refractivity contribution < 1.29 is 19.5 Å². The third-order valence-corrected chi connectivity index (χ3v) is 4.22. The van der Waals surface area contributed by atoms with Crippen LogP contribution in [0, 0.1) is 0 Å². The lowest BCUT2D eigenvalue weighted by molar-refractivity contribution is -0.134. The van der Waals surface area contributed by atoms with E-state index in [2.05, 4.69) is 37.0 Å². The van der Waals surface area contributed by atoms with E-state index in [1.54, 1.807) is 13.8 Å². The van der Waals surface area contributed by atoms with Gasteiger partial charge in [-0.25, -0.2) is 0 Å². The van der Waals surface area contributed by atoms with Crippen molar-refractivity contribution in [3.05, 3.63) is 26.1 Å². The van der Waals surface area contributed by atoms with Crippen LogP contribution in [0.1, 0.15) is 42.6 Å². The monoisotopic (exact) mass is 439 g/mol.